The summed E-state index contributed by atoms with van der Waals surface area (Å²) in [5.41, 5.74) is 1.66. The fourth-order valence-corrected chi connectivity index (χ4v) is 2.72. The molecule has 124 valence electrons. The molecule has 1 aliphatic heterocycles. The van der Waals surface area contributed by atoms with E-state index in [0.717, 1.165) is 43.5 Å². The molecule has 0 aliphatic carbocycles. The van der Waals surface area contributed by atoms with E-state index in [1.807, 2.05) is 6.07 Å². The summed E-state index contributed by atoms with van der Waals surface area (Å²) < 4.78 is 0. The van der Waals surface area contributed by atoms with Crippen molar-refractivity contribution in [3.8, 4) is 6.07 Å². The predicted octanol–water partition coefficient (Wildman–Crippen LogP) is 2.37. The number of nitrogens with zero attached hydrogens (tertiary/aromatic N) is 6. The highest BCUT2D eigenvalue weighted by atomic mass is 15.3. The van der Waals surface area contributed by atoms with Gasteiger partial charge in [-0.3, -0.25) is 0 Å². The molecular formula is C18H22N6. The van der Waals surface area contributed by atoms with Gasteiger partial charge < -0.3 is 9.80 Å². The molecule has 0 atom stereocenters. The fraction of sp³-hybridized carbons (Fsp3) is 0.444. The Morgan fingerprint density at radius 3 is 2.17 bits per heavy atom. The number of pyridine rings is 1. The zero-order valence-corrected chi connectivity index (χ0v) is 14.4. The van der Waals surface area contributed by atoms with Crippen molar-refractivity contribution < 1.29 is 0 Å². The van der Waals surface area contributed by atoms with Crippen LogP contribution in [0.25, 0.3) is 0 Å². The molecule has 3 rings (SSSR count). The number of aromatic nitrogens is 3. The van der Waals surface area contributed by atoms with E-state index in [0.29, 0.717) is 5.56 Å². The third kappa shape index (κ3) is 3.46. The van der Waals surface area contributed by atoms with E-state index in [1.165, 1.54) is 0 Å². The summed E-state index contributed by atoms with van der Waals surface area (Å²) in [5, 5.41) is 17.8. The molecule has 2 aromatic heterocycles. The topological polar surface area (TPSA) is 68.9 Å². The van der Waals surface area contributed by atoms with Gasteiger partial charge in [0, 0.05) is 37.8 Å². The Balaban J connectivity index is 1.65. The second kappa shape index (κ2) is 6.44. The molecule has 1 aliphatic rings. The van der Waals surface area contributed by atoms with Crippen molar-refractivity contribution in [3.05, 3.63) is 41.7 Å². The standard InChI is InChI=1S/C18H22N6/c1-18(2,3)15-4-5-16(22-21-15)23-8-10-24(11-9-23)17-12-14(13-19)6-7-20-17/h4-7,12H,8-11H2,1-3H3. The van der Waals surface area contributed by atoms with Gasteiger partial charge in [0.1, 0.15) is 5.82 Å². The van der Waals surface area contributed by atoms with E-state index >= 15 is 0 Å². The van der Waals surface area contributed by atoms with Crippen molar-refractivity contribution in [3.63, 3.8) is 0 Å². The summed E-state index contributed by atoms with van der Waals surface area (Å²) in [7, 11) is 0. The average Bonchev–Trinajstić information content (AvgIpc) is 2.61. The van der Waals surface area contributed by atoms with Crippen molar-refractivity contribution in [1.29, 1.82) is 5.26 Å². The number of rotatable bonds is 2. The number of anilines is 2. The summed E-state index contributed by atoms with van der Waals surface area (Å²) in [6, 6.07) is 9.85. The Bertz CT molecular complexity index is 733. The highest BCUT2D eigenvalue weighted by Gasteiger charge is 2.21. The Labute approximate surface area is 142 Å². The van der Waals surface area contributed by atoms with Crippen molar-refractivity contribution in [2.24, 2.45) is 0 Å². The first-order valence-electron chi connectivity index (χ1n) is 8.17. The molecule has 0 aromatic carbocycles. The van der Waals surface area contributed by atoms with Gasteiger partial charge in [-0.2, -0.15) is 10.4 Å². The lowest BCUT2D eigenvalue weighted by Crippen LogP contribution is -2.47. The molecule has 0 saturated carbocycles. The molecule has 0 N–H and O–H groups in total. The van der Waals surface area contributed by atoms with Crippen LogP contribution < -0.4 is 9.80 Å². The minimum absolute atomic E-state index is 0.0155. The van der Waals surface area contributed by atoms with E-state index < -0.39 is 0 Å². The zero-order chi connectivity index (χ0) is 17.2. The van der Waals surface area contributed by atoms with Crippen LogP contribution in [0.1, 0.15) is 32.0 Å². The second-order valence-electron chi connectivity index (χ2n) is 7.02. The number of hydrogen-bond donors (Lipinski definition) is 0. The smallest absolute Gasteiger partial charge is 0.151 e. The molecule has 6 heteroatoms. The summed E-state index contributed by atoms with van der Waals surface area (Å²) in [6.07, 6.45) is 1.69. The molecule has 0 unspecified atom stereocenters. The van der Waals surface area contributed by atoms with Crippen LogP contribution in [0.3, 0.4) is 0 Å². The van der Waals surface area contributed by atoms with Crippen molar-refractivity contribution in [2.75, 3.05) is 36.0 Å². The number of piperazine rings is 1. The minimum Gasteiger partial charge on any atom is -0.353 e. The van der Waals surface area contributed by atoms with E-state index in [4.69, 9.17) is 5.26 Å². The maximum absolute atomic E-state index is 9.01. The van der Waals surface area contributed by atoms with Crippen LogP contribution in [0, 0.1) is 11.3 Å². The number of hydrogen-bond acceptors (Lipinski definition) is 6. The van der Waals surface area contributed by atoms with Gasteiger partial charge >= 0.3 is 0 Å². The Hall–Kier alpha value is -2.68. The van der Waals surface area contributed by atoms with Crippen LogP contribution in [-0.4, -0.2) is 41.4 Å². The summed E-state index contributed by atoms with van der Waals surface area (Å²) >= 11 is 0. The Kier molecular flexibility index (Phi) is 4.34. The second-order valence-corrected chi connectivity index (χ2v) is 7.02. The fourth-order valence-electron chi connectivity index (χ4n) is 2.72. The molecule has 3 heterocycles. The van der Waals surface area contributed by atoms with E-state index in [9.17, 15) is 0 Å². The summed E-state index contributed by atoms with van der Waals surface area (Å²) in [6.45, 7) is 9.84. The van der Waals surface area contributed by atoms with Gasteiger partial charge in [0.25, 0.3) is 0 Å². The van der Waals surface area contributed by atoms with Crippen molar-refractivity contribution >= 4 is 11.6 Å². The molecule has 0 radical (unpaired) electrons. The maximum Gasteiger partial charge on any atom is 0.151 e. The normalized spacial score (nSPS) is 15.2. The lowest BCUT2D eigenvalue weighted by atomic mass is 9.92. The van der Waals surface area contributed by atoms with Crippen LogP contribution in [0.2, 0.25) is 0 Å². The third-order valence-electron chi connectivity index (χ3n) is 4.22. The van der Waals surface area contributed by atoms with Crippen LogP contribution in [0.5, 0.6) is 0 Å². The van der Waals surface area contributed by atoms with Crippen LogP contribution in [-0.2, 0) is 5.41 Å². The SMILES string of the molecule is CC(C)(C)c1ccc(N2CCN(c3cc(C#N)ccn3)CC2)nn1. The molecule has 6 nitrogen and oxygen atoms in total. The first-order chi connectivity index (χ1) is 11.5. The van der Waals surface area contributed by atoms with Gasteiger partial charge in [-0.25, -0.2) is 4.98 Å². The molecule has 24 heavy (non-hydrogen) atoms. The first-order valence-corrected chi connectivity index (χ1v) is 8.17. The van der Waals surface area contributed by atoms with Gasteiger partial charge in [-0.15, -0.1) is 5.10 Å². The molecule has 0 amide bonds. The average molecular weight is 322 g/mol. The van der Waals surface area contributed by atoms with Crippen LogP contribution in [0.15, 0.2) is 30.5 Å². The van der Waals surface area contributed by atoms with Gasteiger partial charge in [-0.1, -0.05) is 20.8 Å². The molecule has 2 aromatic rings. The van der Waals surface area contributed by atoms with Crippen molar-refractivity contribution in [2.45, 2.75) is 26.2 Å². The monoisotopic (exact) mass is 322 g/mol. The predicted molar refractivity (Wildman–Crippen MR) is 94.1 cm³/mol. The summed E-state index contributed by atoms with van der Waals surface area (Å²) in [5.74, 6) is 1.78. The number of nitriles is 1. The summed E-state index contributed by atoms with van der Waals surface area (Å²) in [4.78, 5) is 8.82. The minimum atomic E-state index is 0.0155. The molecule has 1 fully saturated rings. The van der Waals surface area contributed by atoms with E-state index in [-0.39, 0.29) is 5.41 Å². The Morgan fingerprint density at radius 2 is 1.62 bits per heavy atom. The lowest BCUT2D eigenvalue weighted by molar-refractivity contribution is 0.556. The van der Waals surface area contributed by atoms with Crippen LogP contribution >= 0.6 is 0 Å². The van der Waals surface area contributed by atoms with E-state index in [1.54, 1.807) is 12.3 Å². The first kappa shape index (κ1) is 16.2. The highest BCUT2D eigenvalue weighted by Crippen LogP contribution is 2.22. The molecule has 1 saturated heterocycles. The molecule has 0 bridgehead atoms. The molecular weight excluding hydrogens is 300 g/mol. The van der Waals surface area contributed by atoms with Gasteiger partial charge in [0.2, 0.25) is 0 Å². The van der Waals surface area contributed by atoms with Gasteiger partial charge in [0.15, 0.2) is 5.82 Å². The van der Waals surface area contributed by atoms with Crippen molar-refractivity contribution in [1.82, 2.24) is 15.2 Å². The maximum atomic E-state index is 9.01. The zero-order valence-electron chi connectivity index (χ0n) is 14.4. The largest absolute Gasteiger partial charge is 0.353 e. The third-order valence-corrected chi connectivity index (χ3v) is 4.22. The van der Waals surface area contributed by atoms with Gasteiger partial charge in [0.05, 0.1) is 17.3 Å². The van der Waals surface area contributed by atoms with E-state index in [2.05, 4.69) is 64.0 Å². The van der Waals surface area contributed by atoms with Crippen LogP contribution in [0.4, 0.5) is 11.6 Å². The highest BCUT2D eigenvalue weighted by molar-refractivity contribution is 5.47. The van der Waals surface area contributed by atoms with Gasteiger partial charge in [-0.05, 0) is 24.3 Å². The lowest BCUT2D eigenvalue weighted by Gasteiger charge is -2.36. The quantitative estimate of drug-likeness (QED) is 0.845. The molecule has 0 spiro atoms. The Morgan fingerprint density at radius 1 is 0.958 bits per heavy atom.